The van der Waals surface area contributed by atoms with Gasteiger partial charge < -0.3 is 29.1 Å². The Morgan fingerprint density at radius 1 is 0.880 bits per heavy atom. The van der Waals surface area contributed by atoms with Crippen molar-refractivity contribution in [3.63, 3.8) is 0 Å². The van der Waals surface area contributed by atoms with E-state index in [2.05, 4.69) is 9.47 Å². The van der Waals surface area contributed by atoms with Crippen LogP contribution in [0.4, 0.5) is 0 Å². The summed E-state index contributed by atoms with van der Waals surface area (Å²) in [6.07, 6.45) is 7.36. The molecule has 2 rings (SSSR count). The Labute approximate surface area is 165 Å². The van der Waals surface area contributed by atoms with Crippen LogP contribution in [0, 0.1) is 13.3 Å². The Hall–Kier alpha value is -1.14. The summed E-state index contributed by atoms with van der Waals surface area (Å²) in [6, 6.07) is 0. The van der Waals surface area contributed by atoms with Gasteiger partial charge >= 0.3 is 46.9 Å². The van der Waals surface area contributed by atoms with Crippen LogP contribution >= 0.6 is 19.1 Å². The second kappa shape index (κ2) is 14.1. The molecular weight excluding hydrogens is 466 g/mol. The first-order chi connectivity index (χ1) is 11.9. The fourth-order valence-corrected chi connectivity index (χ4v) is 1.62. The van der Waals surface area contributed by atoms with Gasteiger partial charge in [-0.25, -0.2) is 0 Å². The Balaban J connectivity index is 0.000000399. The van der Waals surface area contributed by atoms with Gasteiger partial charge in [0.2, 0.25) is 0 Å². The van der Waals surface area contributed by atoms with Crippen molar-refractivity contribution in [2.24, 2.45) is 0 Å². The van der Waals surface area contributed by atoms with Crippen LogP contribution in [0.25, 0.3) is 0 Å². The topological polar surface area (TPSA) is 65.6 Å². The van der Waals surface area contributed by atoms with E-state index in [-0.39, 0.29) is 41.0 Å². The van der Waals surface area contributed by atoms with Crippen molar-refractivity contribution < 1.29 is 35.0 Å². The molecule has 0 aromatic heterocycles. The van der Waals surface area contributed by atoms with E-state index in [1.807, 2.05) is 62.0 Å². The van der Waals surface area contributed by atoms with Crippen molar-refractivity contribution in [3.8, 4) is 0 Å². The van der Waals surface area contributed by atoms with Gasteiger partial charge in [-0.15, -0.1) is 0 Å². The summed E-state index contributed by atoms with van der Waals surface area (Å²) in [5.41, 5.74) is 0. The van der Waals surface area contributed by atoms with E-state index in [0.29, 0.717) is 0 Å². The number of carbonyl (C=O) groups is 2. The molecule has 0 N–H and O–H groups in total. The van der Waals surface area contributed by atoms with E-state index in [0.717, 1.165) is 0 Å². The van der Waals surface area contributed by atoms with Crippen molar-refractivity contribution in [1.29, 1.82) is 0 Å². The number of esters is 2. The zero-order valence-electron chi connectivity index (χ0n) is 14.4. The molecule has 2 aliphatic rings. The number of methoxy groups -OCH3 is 2. The fourth-order valence-electron chi connectivity index (χ4n) is 1.62. The number of rotatable bonds is 4. The van der Waals surface area contributed by atoms with Crippen LogP contribution in [-0.2, 0) is 35.0 Å². The molecule has 2 aliphatic heterocycles. The molecule has 148 valence electrons. The molecule has 8 nitrogen and oxygen atoms in total. The molecule has 0 unspecified atom stereocenters. The van der Waals surface area contributed by atoms with Gasteiger partial charge in [-0.05, 0) is 38.9 Å². The van der Waals surface area contributed by atoms with E-state index >= 15 is 0 Å². The third kappa shape index (κ3) is 11.9. The first-order valence-corrected chi connectivity index (χ1v) is 10.8. The zero-order chi connectivity index (χ0) is 19.2. The van der Waals surface area contributed by atoms with Crippen molar-refractivity contribution in [2.75, 3.05) is 41.4 Å². The Morgan fingerprint density at radius 3 is 1.40 bits per heavy atom. The van der Waals surface area contributed by atoms with Crippen molar-refractivity contribution in [1.82, 2.24) is 19.6 Å². The van der Waals surface area contributed by atoms with Gasteiger partial charge in [-0.3, -0.25) is 9.59 Å². The molecule has 0 aliphatic carbocycles. The third-order valence-electron chi connectivity index (χ3n) is 2.73. The first-order valence-electron chi connectivity index (χ1n) is 6.84. The molecule has 0 radical (unpaired) electrons. The molecule has 25 heavy (non-hydrogen) atoms. The standard InChI is InChI=1S/2C7H11N2O2.2ClH.Pd/c2*1-8-3-4-9(6-8)5-7(10)11-2;;;/h2*3-4,6H,5H2,1-2H3;2*1H;/q2*-1;;;+2/p-2. The van der Waals surface area contributed by atoms with Gasteiger partial charge in [0, 0.05) is 0 Å². The van der Waals surface area contributed by atoms with Crippen molar-refractivity contribution in [3.05, 3.63) is 38.1 Å². The van der Waals surface area contributed by atoms with Gasteiger partial charge in [0.05, 0.1) is 27.3 Å². The minimum atomic E-state index is -0.235. The normalized spacial score (nSPS) is 14.8. The molecule has 0 atom stereocenters. The monoisotopic (exact) mass is 486 g/mol. The summed E-state index contributed by atoms with van der Waals surface area (Å²) in [5, 5.41) is 0. The summed E-state index contributed by atoms with van der Waals surface area (Å²) in [7, 11) is 16.2. The van der Waals surface area contributed by atoms with Gasteiger partial charge in [0.25, 0.3) is 0 Å². The molecule has 0 amide bonds. The predicted octanol–water partition coefficient (Wildman–Crippen LogP) is 1.37. The molecule has 0 spiro atoms. The maximum atomic E-state index is 10.7. The second-order valence-electron chi connectivity index (χ2n) is 4.70. The van der Waals surface area contributed by atoms with Gasteiger partial charge in [-0.2, -0.15) is 13.3 Å². The van der Waals surface area contributed by atoms with Gasteiger partial charge in [-0.1, -0.05) is 0 Å². The fraction of sp³-hybridized carbons (Fsp3) is 0.429. The average Bonchev–Trinajstić information content (AvgIpc) is 3.16. The van der Waals surface area contributed by atoms with Crippen LogP contribution in [0.1, 0.15) is 0 Å². The molecule has 0 aromatic carbocycles. The van der Waals surface area contributed by atoms with Crippen LogP contribution in [0.2, 0.25) is 0 Å². The number of carbonyl (C=O) groups excluding carboxylic acids is 2. The van der Waals surface area contributed by atoms with Gasteiger partial charge in [0.15, 0.2) is 0 Å². The Kier molecular flexibility index (Phi) is 13.4. The first kappa shape index (κ1) is 23.9. The van der Waals surface area contributed by atoms with E-state index < -0.39 is 0 Å². The molecule has 2 heterocycles. The summed E-state index contributed by atoms with van der Waals surface area (Å²) in [4.78, 5) is 28.7. The summed E-state index contributed by atoms with van der Waals surface area (Å²) >= 11 is -0.106. The number of hydrogen-bond donors (Lipinski definition) is 0. The van der Waals surface area contributed by atoms with E-state index in [1.165, 1.54) is 14.2 Å². The second-order valence-corrected chi connectivity index (χ2v) is 7.06. The SMILES string of the molecule is COC(=O)CN1C=CN(C)[CH-]1.COC(=O)CN1C=CN(C)[CH-]1.[Cl][Pd][Cl]. The van der Waals surface area contributed by atoms with E-state index in [9.17, 15) is 9.59 Å². The zero-order valence-corrected chi connectivity index (χ0v) is 17.4. The number of nitrogens with zero attached hydrogens (tertiary/aromatic N) is 4. The Bertz CT molecular complexity index is 428. The minimum absolute atomic E-state index is 0.106. The molecule has 0 bridgehead atoms. The summed E-state index contributed by atoms with van der Waals surface area (Å²) in [6.45, 7) is 4.18. The number of ether oxygens (including phenoxy) is 2. The molecule has 0 fully saturated rings. The molecule has 0 saturated carbocycles. The maximum absolute atomic E-state index is 10.7. The van der Waals surface area contributed by atoms with Crippen molar-refractivity contribution in [2.45, 2.75) is 0 Å². The molecule has 0 saturated heterocycles. The number of hydrogen-bond acceptors (Lipinski definition) is 8. The van der Waals surface area contributed by atoms with Gasteiger partial charge in [0.1, 0.15) is 0 Å². The van der Waals surface area contributed by atoms with Crippen LogP contribution in [0.3, 0.4) is 0 Å². The molecular formula is C14H22Cl2N4O4Pd-2. The quantitative estimate of drug-likeness (QED) is 0.335. The van der Waals surface area contributed by atoms with Crippen LogP contribution in [-0.4, -0.2) is 72.9 Å². The molecule has 11 heteroatoms. The third-order valence-corrected chi connectivity index (χ3v) is 2.73. The van der Waals surface area contributed by atoms with Crippen LogP contribution in [0.5, 0.6) is 0 Å². The van der Waals surface area contributed by atoms with Crippen LogP contribution < -0.4 is 0 Å². The van der Waals surface area contributed by atoms with E-state index in [4.69, 9.17) is 19.1 Å². The summed E-state index contributed by atoms with van der Waals surface area (Å²) < 4.78 is 8.99. The molecule has 0 aromatic rings. The van der Waals surface area contributed by atoms with E-state index in [1.54, 1.807) is 9.80 Å². The van der Waals surface area contributed by atoms with Crippen LogP contribution in [0.15, 0.2) is 24.8 Å². The van der Waals surface area contributed by atoms with Crippen molar-refractivity contribution >= 4 is 31.0 Å². The predicted molar refractivity (Wildman–Crippen MR) is 91.6 cm³/mol. The average molecular weight is 488 g/mol. The Morgan fingerprint density at radius 2 is 1.20 bits per heavy atom. The summed E-state index contributed by atoms with van der Waals surface area (Å²) in [5.74, 6) is -0.470. The number of halogens is 2.